The van der Waals surface area contributed by atoms with E-state index in [1.54, 1.807) is 16.1 Å². The van der Waals surface area contributed by atoms with Gasteiger partial charge in [-0.2, -0.15) is 0 Å². The largest absolute Gasteiger partial charge is 0.340 e. The predicted octanol–water partition coefficient (Wildman–Crippen LogP) is 0.757. The van der Waals surface area contributed by atoms with Crippen molar-refractivity contribution < 1.29 is 13.8 Å². The van der Waals surface area contributed by atoms with Crippen LogP contribution in [0.15, 0.2) is 0 Å². The van der Waals surface area contributed by atoms with Crippen molar-refractivity contribution in [1.29, 1.82) is 0 Å². The van der Waals surface area contributed by atoms with E-state index in [1.807, 2.05) is 6.92 Å². The van der Waals surface area contributed by atoms with E-state index in [-0.39, 0.29) is 23.1 Å². The van der Waals surface area contributed by atoms with Crippen molar-refractivity contribution in [3.8, 4) is 0 Å². The maximum atomic E-state index is 12.6. The van der Waals surface area contributed by atoms with Crippen molar-refractivity contribution in [2.75, 3.05) is 25.9 Å². The molecule has 0 aliphatic carbocycles. The highest BCUT2D eigenvalue weighted by atomic mass is 32.2. The third kappa shape index (κ3) is 3.40. The topological polar surface area (TPSA) is 57.7 Å². The molecule has 0 bridgehead atoms. The van der Waals surface area contributed by atoms with Crippen molar-refractivity contribution in [3.63, 3.8) is 0 Å². The molecule has 2 rings (SSSR count). The average molecular weight is 300 g/mol. The second kappa shape index (κ2) is 6.70. The summed E-state index contributed by atoms with van der Waals surface area (Å²) >= 11 is 0. The van der Waals surface area contributed by atoms with E-state index in [0.717, 1.165) is 32.2 Å². The molecule has 2 aliphatic heterocycles. The number of nitrogens with zero attached hydrogens (tertiary/aromatic N) is 2. The molecule has 6 heteroatoms. The summed E-state index contributed by atoms with van der Waals surface area (Å²) in [5.41, 5.74) is 0. The monoisotopic (exact) mass is 300 g/mol. The van der Waals surface area contributed by atoms with Crippen LogP contribution in [0.5, 0.6) is 0 Å². The minimum Gasteiger partial charge on any atom is -0.340 e. The van der Waals surface area contributed by atoms with Crippen molar-refractivity contribution in [2.45, 2.75) is 50.3 Å². The molecule has 0 radical (unpaired) electrons. The van der Waals surface area contributed by atoms with Crippen molar-refractivity contribution in [2.24, 2.45) is 0 Å². The highest BCUT2D eigenvalue weighted by Gasteiger charge is 2.37. The normalized spacial score (nSPS) is 27.0. The Kier molecular flexibility index (Phi) is 5.18. The molecule has 2 saturated heterocycles. The number of fused-ring (bicyclic) bond motifs is 1. The van der Waals surface area contributed by atoms with Crippen molar-refractivity contribution >= 4 is 22.6 Å². The number of hydrogen-bond donors (Lipinski definition) is 0. The Morgan fingerprint density at radius 2 is 2.05 bits per heavy atom. The first kappa shape index (κ1) is 15.5. The zero-order valence-corrected chi connectivity index (χ0v) is 13.2. The van der Waals surface area contributed by atoms with Gasteiger partial charge in [0.1, 0.15) is 6.04 Å². The zero-order valence-electron chi connectivity index (χ0n) is 12.3. The summed E-state index contributed by atoms with van der Waals surface area (Å²) in [5.74, 6) is 0.197. The van der Waals surface area contributed by atoms with Crippen molar-refractivity contribution in [1.82, 2.24) is 9.80 Å². The number of amides is 2. The Balaban J connectivity index is 2.01. The molecule has 114 valence electrons. The summed E-state index contributed by atoms with van der Waals surface area (Å²) in [4.78, 5) is 28.2. The Morgan fingerprint density at radius 3 is 2.75 bits per heavy atom. The third-order valence-corrected chi connectivity index (χ3v) is 5.76. The number of piperidine rings is 1. The summed E-state index contributed by atoms with van der Waals surface area (Å²) in [6.07, 6.45) is 5.66. The Hall–Kier alpha value is -0.910. The first-order chi connectivity index (χ1) is 9.50. The van der Waals surface area contributed by atoms with Crippen LogP contribution in [-0.4, -0.2) is 63.0 Å². The molecule has 0 N–H and O–H groups in total. The second-order valence-electron chi connectivity index (χ2n) is 5.77. The van der Waals surface area contributed by atoms with E-state index < -0.39 is 10.8 Å². The highest BCUT2D eigenvalue weighted by Crippen LogP contribution is 2.23. The van der Waals surface area contributed by atoms with Crippen LogP contribution in [0, 0.1) is 0 Å². The van der Waals surface area contributed by atoms with E-state index >= 15 is 0 Å². The van der Waals surface area contributed by atoms with Gasteiger partial charge in [0.2, 0.25) is 11.8 Å². The van der Waals surface area contributed by atoms with Crippen LogP contribution in [0.1, 0.15) is 39.0 Å². The van der Waals surface area contributed by atoms with Gasteiger partial charge in [0, 0.05) is 48.4 Å². The second-order valence-corrected chi connectivity index (χ2v) is 7.57. The zero-order chi connectivity index (χ0) is 14.7. The van der Waals surface area contributed by atoms with Crippen LogP contribution >= 0.6 is 0 Å². The van der Waals surface area contributed by atoms with E-state index in [2.05, 4.69) is 0 Å². The average Bonchev–Trinajstić information content (AvgIpc) is 2.56. The number of carbonyl (C=O) groups excluding carboxylic acids is 2. The van der Waals surface area contributed by atoms with E-state index in [1.165, 1.54) is 0 Å². The lowest BCUT2D eigenvalue weighted by Gasteiger charge is -2.34. The van der Waals surface area contributed by atoms with Gasteiger partial charge in [-0.25, -0.2) is 0 Å². The van der Waals surface area contributed by atoms with E-state index in [0.29, 0.717) is 19.5 Å². The molecule has 0 aromatic carbocycles. The van der Waals surface area contributed by atoms with Crippen LogP contribution in [0.3, 0.4) is 0 Å². The fraction of sp³-hybridized carbons (Fsp3) is 0.857. The molecule has 2 heterocycles. The van der Waals surface area contributed by atoms with Gasteiger partial charge in [-0.15, -0.1) is 0 Å². The van der Waals surface area contributed by atoms with Gasteiger partial charge in [0.05, 0.1) is 0 Å². The van der Waals surface area contributed by atoms with E-state index in [4.69, 9.17) is 0 Å². The minimum absolute atomic E-state index is 0.0872. The lowest BCUT2D eigenvalue weighted by molar-refractivity contribution is -0.143. The SMILES string of the molecule is CC(CCN1CCC(=O)N2CCCCC2C1=O)S(C)=O. The first-order valence-corrected chi connectivity index (χ1v) is 9.03. The lowest BCUT2D eigenvalue weighted by atomic mass is 10.0. The van der Waals surface area contributed by atoms with Crippen LogP contribution in [0.25, 0.3) is 0 Å². The first-order valence-electron chi connectivity index (χ1n) is 7.41. The van der Waals surface area contributed by atoms with Gasteiger partial charge >= 0.3 is 0 Å². The molecule has 2 amide bonds. The van der Waals surface area contributed by atoms with Gasteiger partial charge in [-0.05, 0) is 25.7 Å². The molecular formula is C14H24N2O3S. The van der Waals surface area contributed by atoms with Crippen LogP contribution in [-0.2, 0) is 20.4 Å². The summed E-state index contributed by atoms with van der Waals surface area (Å²) in [6.45, 7) is 3.78. The van der Waals surface area contributed by atoms with E-state index in [9.17, 15) is 13.8 Å². The predicted molar refractivity (Wildman–Crippen MR) is 78.7 cm³/mol. The molecule has 2 aliphatic rings. The molecule has 3 unspecified atom stereocenters. The summed E-state index contributed by atoms with van der Waals surface area (Å²) in [6, 6.07) is -0.249. The maximum absolute atomic E-state index is 12.6. The fourth-order valence-corrected chi connectivity index (χ4v) is 3.34. The molecule has 0 aromatic rings. The van der Waals surface area contributed by atoms with Crippen LogP contribution < -0.4 is 0 Å². The number of rotatable bonds is 4. The number of carbonyl (C=O) groups is 2. The van der Waals surface area contributed by atoms with Gasteiger partial charge in [-0.3, -0.25) is 13.8 Å². The summed E-state index contributed by atoms with van der Waals surface area (Å²) in [7, 11) is -0.861. The standard InChI is InChI=1S/C14H24N2O3S/c1-11(20(2)19)6-9-15-10-7-13(17)16-8-4-3-5-12(16)14(15)18/h11-12H,3-10H2,1-2H3. The molecular weight excluding hydrogens is 276 g/mol. The Bertz CT molecular complexity index is 413. The molecule has 0 spiro atoms. The Labute approximate surface area is 123 Å². The quantitative estimate of drug-likeness (QED) is 0.770. The minimum atomic E-state index is -0.861. The molecule has 0 saturated carbocycles. The molecule has 20 heavy (non-hydrogen) atoms. The summed E-state index contributed by atoms with van der Waals surface area (Å²) in [5, 5.41) is 0.0872. The third-order valence-electron chi connectivity index (χ3n) is 4.39. The van der Waals surface area contributed by atoms with Gasteiger partial charge in [0.15, 0.2) is 0 Å². The molecule has 3 atom stereocenters. The van der Waals surface area contributed by atoms with Gasteiger partial charge in [0.25, 0.3) is 0 Å². The van der Waals surface area contributed by atoms with Crippen LogP contribution in [0.2, 0.25) is 0 Å². The lowest BCUT2D eigenvalue weighted by Crippen LogP contribution is -2.50. The van der Waals surface area contributed by atoms with Crippen LogP contribution in [0.4, 0.5) is 0 Å². The summed E-state index contributed by atoms with van der Waals surface area (Å²) < 4.78 is 11.4. The molecule has 5 nitrogen and oxygen atoms in total. The van der Waals surface area contributed by atoms with Gasteiger partial charge in [-0.1, -0.05) is 6.92 Å². The maximum Gasteiger partial charge on any atom is 0.245 e. The van der Waals surface area contributed by atoms with Gasteiger partial charge < -0.3 is 9.80 Å². The smallest absolute Gasteiger partial charge is 0.245 e. The van der Waals surface area contributed by atoms with Crippen molar-refractivity contribution in [3.05, 3.63) is 0 Å². The number of hydrogen-bond acceptors (Lipinski definition) is 3. The Morgan fingerprint density at radius 1 is 1.30 bits per heavy atom. The molecule has 0 aromatic heterocycles. The fourth-order valence-electron chi connectivity index (χ4n) is 2.91. The highest BCUT2D eigenvalue weighted by molar-refractivity contribution is 7.84. The molecule has 2 fully saturated rings.